The Morgan fingerprint density at radius 2 is 2.28 bits per heavy atom. The Kier molecular flexibility index (Phi) is 6.51. The molecule has 0 fully saturated rings. The van der Waals surface area contributed by atoms with Crippen LogP contribution in [0.2, 0.25) is 5.02 Å². The topological polar surface area (TPSA) is 104 Å². The molecule has 7 nitrogen and oxygen atoms in total. The second kappa shape index (κ2) is 8.82. The van der Waals surface area contributed by atoms with Gasteiger partial charge in [0, 0.05) is 17.6 Å². The van der Waals surface area contributed by atoms with Gasteiger partial charge in [-0.1, -0.05) is 17.7 Å². The Bertz CT molecular complexity index is 844. The Labute approximate surface area is 152 Å². The van der Waals surface area contributed by atoms with Gasteiger partial charge < -0.3 is 15.4 Å². The quantitative estimate of drug-likeness (QED) is 0.568. The first-order chi connectivity index (χ1) is 12.0. The predicted octanol–water partition coefficient (Wildman–Crippen LogP) is 3.06. The molecule has 0 spiro atoms. The number of aromatic nitrogens is 1. The number of hydrogen-bond donors (Lipinski definition) is 2. The van der Waals surface area contributed by atoms with Crippen LogP contribution >= 0.6 is 22.9 Å². The van der Waals surface area contributed by atoms with Gasteiger partial charge in [-0.05, 0) is 18.2 Å². The molecular weight excluding hydrogens is 364 g/mol. The lowest BCUT2D eigenvalue weighted by atomic mass is 10.2. The highest BCUT2D eigenvalue weighted by Crippen LogP contribution is 2.20. The van der Waals surface area contributed by atoms with E-state index in [0.717, 1.165) is 0 Å². The number of carbonyl (C=O) groups excluding carboxylic acids is 2. The number of nitrogens with one attached hydrogen (secondary N) is 2. The average molecular weight is 377 g/mol. The Morgan fingerprint density at radius 1 is 1.48 bits per heavy atom. The van der Waals surface area contributed by atoms with Crippen LogP contribution in [0.25, 0.3) is 0 Å². The Morgan fingerprint density at radius 3 is 2.96 bits per heavy atom. The van der Waals surface area contributed by atoms with Crippen LogP contribution in [0.4, 0.5) is 10.8 Å². The van der Waals surface area contributed by atoms with Crippen molar-refractivity contribution < 1.29 is 14.3 Å². The fourth-order valence-electron chi connectivity index (χ4n) is 1.69. The molecule has 128 valence electrons. The maximum Gasteiger partial charge on any atom is 0.358 e. The number of esters is 1. The fraction of sp³-hybridized carbons (Fsp3) is 0.125. The minimum Gasteiger partial charge on any atom is -0.451 e. The number of carbonyl (C=O) groups is 2. The summed E-state index contributed by atoms with van der Waals surface area (Å²) in [6.45, 7) is 3.63. The third-order valence-corrected chi connectivity index (χ3v) is 3.93. The molecule has 0 radical (unpaired) electrons. The van der Waals surface area contributed by atoms with Crippen molar-refractivity contribution in [2.24, 2.45) is 0 Å². The number of thiazole rings is 1. The molecule has 0 bridgehead atoms. The van der Waals surface area contributed by atoms with Gasteiger partial charge in [-0.3, -0.25) is 4.79 Å². The van der Waals surface area contributed by atoms with Crippen LogP contribution < -0.4 is 10.6 Å². The zero-order chi connectivity index (χ0) is 18.2. The molecule has 0 aliphatic heterocycles. The van der Waals surface area contributed by atoms with Gasteiger partial charge in [0.15, 0.2) is 17.4 Å². The van der Waals surface area contributed by atoms with Crippen LogP contribution in [-0.4, -0.2) is 30.0 Å². The third-order valence-electron chi connectivity index (χ3n) is 2.82. The second-order valence-electron chi connectivity index (χ2n) is 4.64. The first-order valence-corrected chi connectivity index (χ1v) is 8.26. The number of halogens is 1. The minimum atomic E-state index is -0.698. The summed E-state index contributed by atoms with van der Waals surface area (Å²) in [5.74, 6) is -1.23. The maximum atomic E-state index is 11.9. The van der Waals surface area contributed by atoms with Crippen LogP contribution in [0.1, 0.15) is 16.1 Å². The molecule has 1 amide bonds. The van der Waals surface area contributed by atoms with Crippen molar-refractivity contribution in [1.29, 1.82) is 5.26 Å². The molecule has 2 rings (SSSR count). The smallest absolute Gasteiger partial charge is 0.358 e. The molecule has 2 aromatic rings. The molecule has 0 saturated carbocycles. The zero-order valence-electron chi connectivity index (χ0n) is 12.9. The molecule has 25 heavy (non-hydrogen) atoms. The van der Waals surface area contributed by atoms with Crippen LogP contribution in [0.3, 0.4) is 0 Å². The fourth-order valence-corrected chi connectivity index (χ4v) is 2.61. The Hall–Kier alpha value is -2.89. The normalized spacial score (nSPS) is 9.76. The van der Waals surface area contributed by atoms with E-state index in [-0.39, 0.29) is 10.7 Å². The van der Waals surface area contributed by atoms with Crippen molar-refractivity contribution in [3.05, 3.63) is 52.5 Å². The maximum absolute atomic E-state index is 11.9. The highest BCUT2D eigenvalue weighted by molar-refractivity contribution is 7.13. The Balaban J connectivity index is 1.86. The summed E-state index contributed by atoms with van der Waals surface area (Å²) >= 11 is 7.13. The van der Waals surface area contributed by atoms with E-state index >= 15 is 0 Å². The first kappa shape index (κ1) is 18.4. The summed E-state index contributed by atoms with van der Waals surface area (Å²) in [4.78, 5) is 27.7. The summed E-state index contributed by atoms with van der Waals surface area (Å²) in [5, 5.41) is 16.6. The number of nitriles is 1. The molecule has 2 N–H and O–H groups in total. The van der Waals surface area contributed by atoms with Gasteiger partial charge in [-0.2, -0.15) is 5.26 Å². The molecule has 0 aliphatic rings. The summed E-state index contributed by atoms with van der Waals surface area (Å²) in [6.07, 6.45) is 1.67. The van der Waals surface area contributed by atoms with E-state index in [1.165, 1.54) is 34.9 Å². The van der Waals surface area contributed by atoms with Crippen molar-refractivity contribution in [3.8, 4) is 6.07 Å². The highest BCUT2D eigenvalue weighted by Gasteiger charge is 2.14. The van der Waals surface area contributed by atoms with Crippen LogP contribution in [0, 0.1) is 11.3 Å². The summed E-state index contributed by atoms with van der Waals surface area (Å²) < 4.78 is 4.91. The summed E-state index contributed by atoms with van der Waals surface area (Å²) in [6, 6.07) is 6.37. The largest absolute Gasteiger partial charge is 0.451 e. The number of amides is 1. The molecule has 0 unspecified atom stereocenters. The molecular formula is C16H13ClN4O3S. The SMILES string of the molecule is C=CCNc1nc(C(=O)OCC(=O)Nc2ccc(C#N)c(Cl)c2)cs1. The molecule has 0 aliphatic carbocycles. The number of hydrogen-bond acceptors (Lipinski definition) is 7. The average Bonchev–Trinajstić information content (AvgIpc) is 3.07. The molecule has 1 aromatic carbocycles. The van der Waals surface area contributed by atoms with E-state index in [0.29, 0.717) is 22.9 Å². The lowest BCUT2D eigenvalue weighted by Crippen LogP contribution is -2.21. The lowest BCUT2D eigenvalue weighted by Gasteiger charge is -2.06. The number of anilines is 2. The molecule has 0 saturated heterocycles. The van der Waals surface area contributed by atoms with Gasteiger partial charge in [0.1, 0.15) is 6.07 Å². The molecule has 9 heteroatoms. The van der Waals surface area contributed by atoms with Crippen molar-refractivity contribution in [3.63, 3.8) is 0 Å². The molecule has 1 heterocycles. The van der Waals surface area contributed by atoms with Crippen LogP contribution in [-0.2, 0) is 9.53 Å². The lowest BCUT2D eigenvalue weighted by molar-refractivity contribution is -0.119. The highest BCUT2D eigenvalue weighted by atomic mass is 35.5. The minimum absolute atomic E-state index is 0.116. The van der Waals surface area contributed by atoms with Crippen LogP contribution in [0.5, 0.6) is 0 Å². The van der Waals surface area contributed by atoms with Crippen molar-refractivity contribution in [1.82, 2.24) is 4.98 Å². The number of nitrogens with zero attached hydrogens (tertiary/aromatic N) is 2. The van der Waals surface area contributed by atoms with E-state index < -0.39 is 18.5 Å². The van der Waals surface area contributed by atoms with Gasteiger partial charge >= 0.3 is 5.97 Å². The number of benzene rings is 1. The van der Waals surface area contributed by atoms with E-state index in [1.807, 2.05) is 6.07 Å². The van der Waals surface area contributed by atoms with Gasteiger partial charge in [0.2, 0.25) is 0 Å². The molecule has 0 atom stereocenters. The second-order valence-corrected chi connectivity index (χ2v) is 5.90. The summed E-state index contributed by atoms with van der Waals surface area (Å²) in [5.41, 5.74) is 0.816. The molecule has 1 aromatic heterocycles. The van der Waals surface area contributed by atoms with Gasteiger partial charge in [0.25, 0.3) is 5.91 Å². The number of ether oxygens (including phenoxy) is 1. The standard InChI is InChI=1S/C16H13ClN4O3S/c1-2-5-19-16-21-13(9-25-16)15(23)24-8-14(22)20-11-4-3-10(7-18)12(17)6-11/h2-4,6,9H,1,5,8H2,(H,19,21)(H,20,22). The number of rotatable bonds is 7. The van der Waals surface area contributed by atoms with Gasteiger partial charge in [0.05, 0.1) is 10.6 Å². The van der Waals surface area contributed by atoms with Crippen LogP contribution in [0.15, 0.2) is 36.2 Å². The monoisotopic (exact) mass is 376 g/mol. The predicted molar refractivity (Wildman–Crippen MR) is 95.9 cm³/mol. The van der Waals surface area contributed by atoms with E-state index in [9.17, 15) is 9.59 Å². The van der Waals surface area contributed by atoms with Crippen molar-refractivity contribution >= 4 is 45.6 Å². The zero-order valence-corrected chi connectivity index (χ0v) is 14.5. The van der Waals surface area contributed by atoms with Crippen molar-refractivity contribution in [2.45, 2.75) is 0 Å². The first-order valence-electron chi connectivity index (χ1n) is 7.00. The van der Waals surface area contributed by atoms with E-state index in [2.05, 4.69) is 22.2 Å². The van der Waals surface area contributed by atoms with E-state index in [1.54, 1.807) is 6.08 Å². The van der Waals surface area contributed by atoms with Crippen molar-refractivity contribution in [2.75, 3.05) is 23.8 Å². The summed E-state index contributed by atoms with van der Waals surface area (Å²) in [7, 11) is 0. The van der Waals surface area contributed by atoms with Gasteiger partial charge in [-0.15, -0.1) is 17.9 Å². The van der Waals surface area contributed by atoms with E-state index in [4.69, 9.17) is 21.6 Å². The third kappa shape index (κ3) is 5.31. The van der Waals surface area contributed by atoms with Gasteiger partial charge in [-0.25, -0.2) is 9.78 Å².